The predicted molar refractivity (Wildman–Crippen MR) is 121 cm³/mol. The summed E-state index contributed by atoms with van der Waals surface area (Å²) in [5.41, 5.74) is 16.6. The van der Waals surface area contributed by atoms with Gasteiger partial charge in [-0.1, -0.05) is 62.4 Å². The zero-order valence-electron chi connectivity index (χ0n) is 16.5. The predicted octanol–water partition coefficient (Wildman–Crippen LogP) is 7.14. The van der Waals surface area contributed by atoms with Crippen molar-refractivity contribution in [2.45, 2.75) is 19.3 Å². The standard InChI is InChI=1S/C27H21NO/c1-27(2)22-9-5-3-7-17(22)20-14-19(24(28)15-23(20)27)16-11-12-26-21(13-16)18-8-4-6-10-25(18)29-26/h3-15H,28H2,1-2H3. The van der Waals surface area contributed by atoms with Crippen LogP contribution >= 0.6 is 0 Å². The van der Waals surface area contributed by atoms with E-state index in [2.05, 4.69) is 74.5 Å². The number of furan rings is 1. The average Bonchev–Trinajstić information content (AvgIpc) is 3.21. The van der Waals surface area contributed by atoms with E-state index in [1.54, 1.807) is 0 Å². The summed E-state index contributed by atoms with van der Waals surface area (Å²) in [4.78, 5) is 0. The fourth-order valence-corrected chi connectivity index (χ4v) is 4.91. The van der Waals surface area contributed by atoms with Crippen molar-refractivity contribution in [3.63, 3.8) is 0 Å². The summed E-state index contributed by atoms with van der Waals surface area (Å²) in [6, 6.07) is 27.6. The molecule has 1 aliphatic rings. The van der Waals surface area contributed by atoms with Crippen LogP contribution in [-0.2, 0) is 5.41 Å². The first kappa shape index (κ1) is 16.4. The molecular formula is C27H21NO. The number of fused-ring (bicyclic) bond motifs is 6. The molecule has 1 heterocycles. The van der Waals surface area contributed by atoms with E-state index in [9.17, 15) is 0 Å². The van der Waals surface area contributed by atoms with Gasteiger partial charge >= 0.3 is 0 Å². The van der Waals surface area contributed by atoms with Crippen LogP contribution in [0.3, 0.4) is 0 Å². The van der Waals surface area contributed by atoms with Gasteiger partial charge in [0.1, 0.15) is 11.2 Å². The highest BCUT2D eigenvalue weighted by molar-refractivity contribution is 6.06. The zero-order chi connectivity index (χ0) is 19.8. The minimum atomic E-state index is -0.0384. The summed E-state index contributed by atoms with van der Waals surface area (Å²) in [6.45, 7) is 4.56. The molecule has 0 unspecified atom stereocenters. The van der Waals surface area contributed by atoms with E-state index in [1.807, 2.05) is 18.2 Å². The molecule has 1 aromatic heterocycles. The molecule has 6 rings (SSSR count). The van der Waals surface area contributed by atoms with E-state index in [0.717, 1.165) is 38.8 Å². The average molecular weight is 375 g/mol. The minimum absolute atomic E-state index is 0.0384. The quantitative estimate of drug-likeness (QED) is 0.316. The Morgan fingerprint density at radius 1 is 0.655 bits per heavy atom. The Hall–Kier alpha value is -3.52. The third-order valence-electron chi connectivity index (χ3n) is 6.44. The maximum Gasteiger partial charge on any atom is 0.135 e. The van der Waals surface area contributed by atoms with Crippen LogP contribution in [-0.4, -0.2) is 0 Å². The topological polar surface area (TPSA) is 39.2 Å². The molecule has 2 nitrogen and oxygen atoms in total. The first-order valence-electron chi connectivity index (χ1n) is 9.99. The molecule has 0 amide bonds. The third-order valence-corrected chi connectivity index (χ3v) is 6.44. The van der Waals surface area contributed by atoms with Gasteiger partial charge in [-0.05, 0) is 58.1 Å². The molecule has 4 aromatic carbocycles. The van der Waals surface area contributed by atoms with Gasteiger partial charge in [0.2, 0.25) is 0 Å². The summed E-state index contributed by atoms with van der Waals surface area (Å²) in [5.74, 6) is 0. The Kier molecular flexibility index (Phi) is 3.12. The maximum atomic E-state index is 6.59. The number of rotatable bonds is 1. The molecule has 0 radical (unpaired) electrons. The van der Waals surface area contributed by atoms with Crippen LogP contribution in [0.4, 0.5) is 5.69 Å². The highest BCUT2D eigenvalue weighted by Gasteiger charge is 2.35. The molecule has 2 N–H and O–H groups in total. The fraction of sp³-hybridized carbons (Fsp3) is 0.111. The lowest BCUT2D eigenvalue weighted by Crippen LogP contribution is -2.15. The maximum absolute atomic E-state index is 6.59. The number of nitrogen functional groups attached to an aromatic ring is 1. The van der Waals surface area contributed by atoms with Crippen molar-refractivity contribution in [1.29, 1.82) is 0 Å². The van der Waals surface area contributed by atoms with Crippen molar-refractivity contribution in [1.82, 2.24) is 0 Å². The van der Waals surface area contributed by atoms with Crippen molar-refractivity contribution in [3.8, 4) is 22.3 Å². The summed E-state index contributed by atoms with van der Waals surface area (Å²) in [6.07, 6.45) is 0. The molecule has 0 saturated heterocycles. The number of hydrogen-bond donors (Lipinski definition) is 1. The van der Waals surface area contributed by atoms with Crippen LogP contribution in [0.1, 0.15) is 25.0 Å². The summed E-state index contributed by atoms with van der Waals surface area (Å²) < 4.78 is 5.99. The number of benzene rings is 4. The van der Waals surface area contributed by atoms with Crippen LogP contribution in [0, 0.1) is 0 Å². The Balaban J connectivity index is 1.61. The van der Waals surface area contributed by atoms with Gasteiger partial charge in [-0.25, -0.2) is 0 Å². The second-order valence-corrected chi connectivity index (χ2v) is 8.46. The van der Waals surface area contributed by atoms with Crippen LogP contribution in [0.2, 0.25) is 0 Å². The lowest BCUT2D eigenvalue weighted by atomic mass is 9.82. The normalized spacial score (nSPS) is 14.3. The third kappa shape index (κ3) is 2.17. The van der Waals surface area contributed by atoms with Crippen LogP contribution < -0.4 is 5.73 Å². The van der Waals surface area contributed by atoms with Gasteiger partial charge in [0.05, 0.1) is 0 Å². The molecule has 29 heavy (non-hydrogen) atoms. The monoisotopic (exact) mass is 375 g/mol. The van der Waals surface area contributed by atoms with E-state index in [1.165, 1.54) is 22.3 Å². The Bertz CT molecular complexity index is 1440. The molecule has 2 heteroatoms. The van der Waals surface area contributed by atoms with Crippen molar-refractivity contribution in [2.24, 2.45) is 0 Å². The molecule has 0 atom stereocenters. The van der Waals surface area contributed by atoms with E-state index >= 15 is 0 Å². The molecule has 0 spiro atoms. The van der Waals surface area contributed by atoms with Gasteiger partial charge in [-0.15, -0.1) is 0 Å². The molecule has 140 valence electrons. The summed E-state index contributed by atoms with van der Waals surface area (Å²) in [7, 11) is 0. The van der Waals surface area contributed by atoms with E-state index in [-0.39, 0.29) is 5.41 Å². The van der Waals surface area contributed by atoms with Gasteiger partial charge in [-0.3, -0.25) is 0 Å². The lowest BCUT2D eigenvalue weighted by molar-refractivity contribution is 0.661. The minimum Gasteiger partial charge on any atom is -0.456 e. The van der Waals surface area contributed by atoms with E-state index in [0.29, 0.717) is 0 Å². The SMILES string of the molecule is CC1(C)c2ccccc2-c2cc(-c3ccc4oc5ccccc5c4c3)c(N)cc21. The van der Waals surface area contributed by atoms with Gasteiger partial charge in [-0.2, -0.15) is 0 Å². The largest absolute Gasteiger partial charge is 0.456 e. The van der Waals surface area contributed by atoms with Crippen molar-refractivity contribution in [3.05, 3.63) is 90.0 Å². The highest BCUT2D eigenvalue weighted by Crippen LogP contribution is 2.51. The van der Waals surface area contributed by atoms with Gasteiger partial charge in [0, 0.05) is 27.4 Å². The van der Waals surface area contributed by atoms with Crippen LogP contribution in [0.5, 0.6) is 0 Å². The lowest BCUT2D eigenvalue weighted by Gasteiger charge is -2.22. The van der Waals surface area contributed by atoms with Crippen molar-refractivity contribution < 1.29 is 4.42 Å². The Morgan fingerprint density at radius 2 is 1.41 bits per heavy atom. The van der Waals surface area contributed by atoms with Crippen LogP contribution in [0.15, 0.2) is 83.3 Å². The number of hydrogen-bond acceptors (Lipinski definition) is 2. The number of nitrogens with two attached hydrogens (primary N) is 1. The molecular weight excluding hydrogens is 354 g/mol. The molecule has 0 bridgehead atoms. The van der Waals surface area contributed by atoms with E-state index < -0.39 is 0 Å². The molecule has 0 saturated carbocycles. The Morgan fingerprint density at radius 3 is 2.31 bits per heavy atom. The first-order chi connectivity index (χ1) is 14.0. The van der Waals surface area contributed by atoms with Crippen molar-refractivity contribution in [2.75, 3.05) is 5.73 Å². The fourth-order valence-electron chi connectivity index (χ4n) is 4.91. The Labute approximate surface area is 169 Å². The molecule has 5 aromatic rings. The van der Waals surface area contributed by atoms with Gasteiger partial charge in [0.15, 0.2) is 0 Å². The summed E-state index contributed by atoms with van der Waals surface area (Å²) >= 11 is 0. The number of para-hydroxylation sites is 1. The number of anilines is 1. The molecule has 1 aliphatic carbocycles. The first-order valence-corrected chi connectivity index (χ1v) is 9.99. The zero-order valence-corrected chi connectivity index (χ0v) is 16.5. The van der Waals surface area contributed by atoms with Crippen molar-refractivity contribution >= 4 is 27.6 Å². The highest BCUT2D eigenvalue weighted by atomic mass is 16.3. The van der Waals surface area contributed by atoms with Gasteiger partial charge in [0.25, 0.3) is 0 Å². The molecule has 0 fully saturated rings. The van der Waals surface area contributed by atoms with Crippen LogP contribution in [0.25, 0.3) is 44.2 Å². The molecule has 0 aliphatic heterocycles. The van der Waals surface area contributed by atoms with E-state index in [4.69, 9.17) is 10.2 Å². The summed E-state index contributed by atoms with van der Waals surface area (Å²) in [5, 5.41) is 2.26. The second kappa shape index (κ2) is 5.51. The second-order valence-electron chi connectivity index (χ2n) is 8.46. The smallest absolute Gasteiger partial charge is 0.135 e. The van der Waals surface area contributed by atoms with Gasteiger partial charge < -0.3 is 10.2 Å².